The normalized spacial score (nSPS) is 16.4. The zero-order valence-electron chi connectivity index (χ0n) is 14.0. The molecule has 0 radical (unpaired) electrons. The van der Waals surface area contributed by atoms with E-state index in [1.54, 1.807) is 11.0 Å². The van der Waals surface area contributed by atoms with E-state index in [1.165, 1.54) is 4.31 Å². The molecular weight excluding hydrogens is 314 g/mol. The number of hydrogen-bond acceptors (Lipinski definition) is 4. The molecule has 0 aliphatic carbocycles. The fraction of sp³-hybridized carbons (Fsp3) is 0.562. The van der Waals surface area contributed by atoms with Crippen LogP contribution in [0, 0.1) is 0 Å². The van der Waals surface area contributed by atoms with Crippen molar-refractivity contribution in [3.05, 3.63) is 29.8 Å². The molecule has 1 saturated heterocycles. The minimum atomic E-state index is -3.18. The van der Waals surface area contributed by atoms with Crippen LogP contribution in [0.3, 0.4) is 0 Å². The monoisotopic (exact) mass is 339 g/mol. The maximum atomic E-state index is 12.6. The van der Waals surface area contributed by atoms with Crippen molar-refractivity contribution in [1.82, 2.24) is 9.21 Å². The zero-order valence-corrected chi connectivity index (χ0v) is 14.8. The molecule has 1 fully saturated rings. The molecule has 2 rings (SSSR count). The molecule has 23 heavy (non-hydrogen) atoms. The van der Waals surface area contributed by atoms with Crippen molar-refractivity contribution in [2.45, 2.75) is 13.3 Å². The molecule has 0 bridgehead atoms. The average Bonchev–Trinajstić information content (AvgIpc) is 2.54. The summed E-state index contributed by atoms with van der Waals surface area (Å²) in [5, 5.41) is 0. The molecule has 6 nitrogen and oxygen atoms in total. The Balaban J connectivity index is 2.03. The lowest BCUT2D eigenvalue weighted by Crippen LogP contribution is -2.51. The Labute approximate surface area is 138 Å². The van der Waals surface area contributed by atoms with Crippen molar-refractivity contribution in [3.8, 4) is 0 Å². The van der Waals surface area contributed by atoms with Crippen LogP contribution in [0.5, 0.6) is 0 Å². The van der Waals surface area contributed by atoms with E-state index in [4.69, 9.17) is 0 Å². The van der Waals surface area contributed by atoms with Gasteiger partial charge in [-0.2, -0.15) is 4.31 Å². The number of sulfonamides is 1. The van der Waals surface area contributed by atoms with Crippen LogP contribution in [-0.4, -0.2) is 69.6 Å². The Morgan fingerprint density at radius 1 is 1.17 bits per heavy atom. The summed E-state index contributed by atoms with van der Waals surface area (Å²) in [4.78, 5) is 16.3. The van der Waals surface area contributed by atoms with E-state index < -0.39 is 10.0 Å². The van der Waals surface area contributed by atoms with Crippen molar-refractivity contribution < 1.29 is 13.2 Å². The maximum Gasteiger partial charge on any atom is 0.254 e. The summed E-state index contributed by atoms with van der Waals surface area (Å²) in [6, 6.07) is 7.48. The topological polar surface area (TPSA) is 60.9 Å². The van der Waals surface area contributed by atoms with Crippen LogP contribution in [0.15, 0.2) is 24.3 Å². The van der Waals surface area contributed by atoms with Gasteiger partial charge in [0.25, 0.3) is 5.91 Å². The summed E-state index contributed by atoms with van der Waals surface area (Å²) in [6.45, 7) is 3.49. The van der Waals surface area contributed by atoms with Crippen molar-refractivity contribution in [1.29, 1.82) is 0 Å². The number of hydrogen-bond donors (Lipinski definition) is 0. The molecule has 1 heterocycles. The van der Waals surface area contributed by atoms with E-state index in [2.05, 4.69) is 0 Å². The van der Waals surface area contributed by atoms with Crippen LogP contribution in [0.2, 0.25) is 0 Å². The highest BCUT2D eigenvalue weighted by Crippen LogP contribution is 2.17. The molecule has 128 valence electrons. The fourth-order valence-electron chi connectivity index (χ4n) is 2.66. The molecule has 1 aliphatic heterocycles. The molecule has 0 N–H and O–H groups in total. The van der Waals surface area contributed by atoms with E-state index in [0.29, 0.717) is 38.2 Å². The third-order valence-corrected chi connectivity index (χ3v) is 6.07. The summed E-state index contributed by atoms with van der Waals surface area (Å²) in [5.41, 5.74) is 1.61. The molecule has 0 unspecified atom stereocenters. The molecule has 7 heteroatoms. The van der Waals surface area contributed by atoms with Gasteiger partial charge in [-0.25, -0.2) is 8.42 Å². The number of rotatable bonds is 5. The molecular formula is C16H25N3O3S. The SMILES string of the molecule is CCCS(=O)(=O)N1CCN(C(=O)c2cccc(N(C)C)c2)CC1. The third kappa shape index (κ3) is 4.23. The summed E-state index contributed by atoms with van der Waals surface area (Å²) in [5.74, 6) is 0.132. The molecule has 1 aliphatic rings. The van der Waals surface area contributed by atoms with Crippen molar-refractivity contribution in [3.63, 3.8) is 0 Å². The summed E-state index contributed by atoms with van der Waals surface area (Å²) < 4.78 is 25.6. The fourth-order valence-corrected chi connectivity index (χ4v) is 4.15. The first kappa shape index (κ1) is 17.7. The van der Waals surface area contributed by atoms with Gasteiger partial charge in [-0.3, -0.25) is 4.79 Å². The number of anilines is 1. The van der Waals surface area contributed by atoms with Gasteiger partial charge in [0, 0.05) is 51.5 Å². The summed E-state index contributed by atoms with van der Waals surface area (Å²) >= 11 is 0. The van der Waals surface area contributed by atoms with Gasteiger partial charge in [-0.05, 0) is 24.6 Å². The molecule has 1 aromatic rings. The number of nitrogens with zero attached hydrogens (tertiary/aromatic N) is 3. The van der Waals surface area contributed by atoms with Crippen molar-refractivity contribution in [2.75, 3.05) is 50.9 Å². The van der Waals surface area contributed by atoms with Gasteiger partial charge in [0.15, 0.2) is 0 Å². The van der Waals surface area contributed by atoms with Gasteiger partial charge >= 0.3 is 0 Å². The smallest absolute Gasteiger partial charge is 0.254 e. The first-order valence-electron chi connectivity index (χ1n) is 7.89. The Kier molecular flexibility index (Phi) is 5.64. The van der Waals surface area contributed by atoms with Gasteiger partial charge in [0.1, 0.15) is 0 Å². The van der Waals surface area contributed by atoms with E-state index in [0.717, 1.165) is 5.69 Å². The molecule has 1 amide bonds. The van der Waals surface area contributed by atoms with Crippen molar-refractivity contribution >= 4 is 21.6 Å². The maximum absolute atomic E-state index is 12.6. The largest absolute Gasteiger partial charge is 0.378 e. The highest BCUT2D eigenvalue weighted by Gasteiger charge is 2.28. The molecule has 0 spiro atoms. The quantitative estimate of drug-likeness (QED) is 0.810. The standard InChI is InChI=1S/C16H25N3O3S/c1-4-12-23(21,22)19-10-8-18(9-11-19)16(20)14-6-5-7-15(13-14)17(2)3/h5-7,13H,4,8-12H2,1-3H3. The Bertz CT molecular complexity index is 650. The predicted octanol–water partition coefficient (Wildman–Crippen LogP) is 1.25. The Morgan fingerprint density at radius 3 is 2.39 bits per heavy atom. The summed E-state index contributed by atoms with van der Waals surface area (Å²) in [6.07, 6.45) is 0.610. The number of piperazine rings is 1. The summed E-state index contributed by atoms with van der Waals surface area (Å²) in [7, 11) is 0.687. The number of benzene rings is 1. The molecule has 0 saturated carbocycles. The van der Waals surface area contributed by atoms with Crippen LogP contribution < -0.4 is 4.90 Å². The van der Waals surface area contributed by atoms with Crippen molar-refractivity contribution in [2.24, 2.45) is 0 Å². The second-order valence-electron chi connectivity index (χ2n) is 5.95. The Morgan fingerprint density at radius 2 is 1.83 bits per heavy atom. The molecule has 0 atom stereocenters. The Hall–Kier alpha value is -1.60. The number of carbonyl (C=O) groups is 1. The number of amides is 1. The minimum absolute atomic E-state index is 0.0405. The van der Waals surface area contributed by atoms with Gasteiger partial charge in [0.05, 0.1) is 5.75 Å². The van der Waals surface area contributed by atoms with E-state index in [9.17, 15) is 13.2 Å². The minimum Gasteiger partial charge on any atom is -0.378 e. The highest BCUT2D eigenvalue weighted by atomic mass is 32.2. The van der Waals surface area contributed by atoms with Gasteiger partial charge in [0.2, 0.25) is 10.0 Å². The van der Waals surface area contributed by atoms with E-state index in [-0.39, 0.29) is 11.7 Å². The molecule has 1 aromatic carbocycles. The van der Waals surface area contributed by atoms with Gasteiger partial charge in [-0.15, -0.1) is 0 Å². The van der Waals surface area contributed by atoms with Crippen LogP contribution in [0.25, 0.3) is 0 Å². The molecule has 0 aromatic heterocycles. The van der Waals surface area contributed by atoms with Crippen LogP contribution in [-0.2, 0) is 10.0 Å². The van der Waals surface area contributed by atoms with E-state index in [1.807, 2.05) is 44.1 Å². The number of carbonyl (C=O) groups excluding carboxylic acids is 1. The second kappa shape index (κ2) is 7.31. The average molecular weight is 339 g/mol. The van der Waals surface area contributed by atoms with E-state index >= 15 is 0 Å². The third-order valence-electron chi connectivity index (χ3n) is 3.99. The van der Waals surface area contributed by atoms with Crippen LogP contribution >= 0.6 is 0 Å². The second-order valence-corrected chi connectivity index (χ2v) is 8.04. The van der Waals surface area contributed by atoms with Gasteiger partial charge in [-0.1, -0.05) is 13.0 Å². The first-order valence-corrected chi connectivity index (χ1v) is 9.50. The van der Waals surface area contributed by atoms with Crippen LogP contribution in [0.4, 0.5) is 5.69 Å². The lowest BCUT2D eigenvalue weighted by atomic mass is 10.1. The van der Waals surface area contributed by atoms with Gasteiger partial charge < -0.3 is 9.80 Å². The highest BCUT2D eigenvalue weighted by molar-refractivity contribution is 7.89. The predicted molar refractivity (Wildman–Crippen MR) is 92.3 cm³/mol. The lowest BCUT2D eigenvalue weighted by molar-refractivity contribution is 0.0698. The van der Waals surface area contributed by atoms with Crippen LogP contribution in [0.1, 0.15) is 23.7 Å². The zero-order chi connectivity index (χ0) is 17.0. The first-order chi connectivity index (χ1) is 10.8. The lowest BCUT2D eigenvalue weighted by Gasteiger charge is -2.34.